The van der Waals surface area contributed by atoms with E-state index in [0.29, 0.717) is 19.5 Å². The zero-order valence-corrected chi connectivity index (χ0v) is 20.0. The maximum atomic E-state index is 12.9. The Kier molecular flexibility index (Phi) is 7.80. The summed E-state index contributed by atoms with van der Waals surface area (Å²) < 4.78 is 31.3. The van der Waals surface area contributed by atoms with Crippen molar-refractivity contribution in [3.63, 3.8) is 0 Å². The summed E-state index contributed by atoms with van der Waals surface area (Å²) in [7, 11) is -4.05. The lowest BCUT2D eigenvalue weighted by molar-refractivity contribution is -0.108. The summed E-state index contributed by atoms with van der Waals surface area (Å²) in [5.74, 6) is 0. The molecule has 0 aliphatic heterocycles. The zero-order chi connectivity index (χ0) is 24.1. The van der Waals surface area contributed by atoms with Crippen LogP contribution in [0.4, 0.5) is 0 Å². The molecule has 0 spiro atoms. The van der Waals surface area contributed by atoms with Crippen LogP contribution in [-0.2, 0) is 27.4 Å². The first-order valence-corrected chi connectivity index (χ1v) is 12.9. The highest BCUT2D eigenvalue weighted by Crippen LogP contribution is 2.31. The van der Waals surface area contributed by atoms with E-state index < -0.39 is 34.5 Å². The Labute approximate surface area is 201 Å². The molecule has 34 heavy (non-hydrogen) atoms. The second kappa shape index (κ2) is 10.8. The topological polar surface area (TPSA) is 87.1 Å². The number of rotatable bonds is 8. The lowest BCUT2D eigenvalue weighted by Gasteiger charge is -2.43. The van der Waals surface area contributed by atoms with Gasteiger partial charge in [0.15, 0.2) is 0 Å². The molecule has 180 valence electrons. The summed E-state index contributed by atoms with van der Waals surface area (Å²) in [6, 6.07) is 25.4. The van der Waals surface area contributed by atoms with E-state index in [1.54, 1.807) is 12.1 Å². The predicted octanol–water partition coefficient (Wildman–Crippen LogP) is 3.66. The first-order chi connectivity index (χ1) is 16.3. The number of aryl methyl sites for hydroxylation is 1. The van der Waals surface area contributed by atoms with E-state index in [1.165, 1.54) is 12.1 Å². The monoisotopic (exact) mass is 481 g/mol. The second-order valence-electron chi connectivity index (χ2n) is 8.90. The van der Waals surface area contributed by atoms with E-state index in [0.717, 1.165) is 16.7 Å². The van der Waals surface area contributed by atoms with E-state index in [-0.39, 0.29) is 11.3 Å². The lowest BCUT2D eigenvalue weighted by Crippen LogP contribution is -2.58. The summed E-state index contributed by atoms with van der Waals surface area (Å²) in [5.41, 5.74) is 3.01. The van der Waals surface area contributed by atoms with Crippen LogP contribution in [0, 0.1) is 6.92 Å². The second-order valence-corrected chi connectivity index (χ2v) is 10.5. The van der Waals surface area contributed by atoms with Gasteiger partial charge in [-0.25, -0.2) is 0 Å². The molecule has 4 atom stereocenters. The average Bonchev–Trinajstić information content (AvgIpc) is 2.82. The van der Waals surface area contributed by atoms with Crippen LogP contribution >= 0.6 is 0 Å². The van der Waals surface area contributed by atoms with E-state index in [1.807, 2.05) is 72.5 Å². The summed E-state index contributed by atoms with van der Waals surface area (Å²) >= 11 is 0. The fraction of sp³-hybridized carbons (Fsp3) is 0.333. The van der Waals surface area contributed by atoms with Crippen molar-refractivity contribution in [3.05, 3.63) is 102 Å². The largest absolute Gasteiger partial charge is 0.391 e. The van der Waals surface area contributed by atoms with Gasteiger partial charge in [0.1, 0.15) is 6.10 Å². The van der Waals surface area contributed by atoms with Crippen LogP contribution in [0.1, 0.15) is 29.5 Å². The van der Waals surface area contributed by atoms with Gasteiger partial charge in [-0.05, 0) is 43.0 Å². The zero-order valence-electron chi connectivity index (χ0n) is 19.2. The molecule has 0 saturated heterocycles. The fourth-order valence-electron chi connectivity index (χ4n) is 4.51. The van der Waals surface area contributed by atoms with E-state index in [9.17, 15) is 18.6 Å². The van der Waals surface area contributed by atoms with Crippen LogP contribution in [0.3, 0.4) is 0 Å². The Morgan fingerprint density at radius 1 is 0.824 bits per heavy atom. The number of hydrogen-bond donors (Lipinski definition) is 2. The molecule has 6 nitrogen and oxygen atoms in total. The molecule has 1 saturated carbocycles. The minimum atomic E-state index is -4.05. The van der Waals surface area contributed by atoms with Crippen molar-refractivity contribution < 1.29 is 22.8 Å². The molecule has 3 aromatic rings. The molecular formula is C27H31NO5S. The number of aliphatic hydroxyl groups excluding tert-OH is 2. The van der Waals surface area contributed by atoms with Gasteiger partial charge in [-0.3, -0.25) is 9.08 Å². The van der Waals surface area contributed by atoms with Crippen molar-refractivity contribution in [2.45, 2.75) is 62.1 Å². The molecule has 0 aromatic heterocycles. The fourth-order valence-corrected chi connectivity index (χ4v) is 5.63. The Morgan fingerprint density at radius 3 is 1.88 bits per heavy atom. The van der Waals surface area contributed by atoms with Gasteiger partial charge < -0.3 is 10.2 Å². The van der Waals surface area contributed by atoms with Crippen molar-refractivity contribution in [2.75, 3.05) is 0 Å². The summed E-state index contributed by atoms with van der Waals surface area (Å²) in [6.45, 7) is 2.86. The molecule has 0 amide bonds. The Bertz CT molecular complexity index is 1110. The van der Waals surface area contributed by atoms with Crippen molar-refractivity contribution >= 4 is 10.1 Å². The minimum absolute atomic E-state index is 0.0541. The van der Waals surface area contributed by atoms with E-state index in [4.69, 9.17) is 4.18 Å². The first kappa shape index (κ1) is 24.6. The van der Waals surface area contributed by atoms with Gasteiger partial charge in [0, 0.05) is 13.1 Å². The quantitative estimate of drug-likeness (QED) is 0.478. The van der Waals surface area contributed by atoms with Crippen molar-refractivity contribution in [1.29, 1.82) is 0 Å². The number of benzene rings is 3. The highest BCUT2D eigenvalue weighted by molar-refractivity contribution is 7.86. The molecule has 0 bridgehead atoms. The molecular weight excluding hydrogens is 450 g/mol. The number of hydrogen-bond acceptors (Lipinski definition) is 6. The van der Waals surface area contributed by atoms with Gasteiger partial charge in [0.25, 0.3) is 10.1 Å². The van der Waals surface area contributed by atoms with Gasteiger partial charge in [0.05, 0.1) is 23.1 Å². The van der Waals surface area contributed by atoms with E-state index in [2.05, 4.69) is 0 Å². The maximum Gasteiger partial charge on any atom is 0.297 e. The van der Waals surface area contributed by atoms with Crippen LogP contribution in [0.5, 0.6) is 0 Å². The standard InChI is InChI=1S/C27H31NO5S/c1-20-12-14-23(15-13-20)34(31,32)33-25-17-16-24(29)26(27(25)30)28(18-21-8-4-2-5-9-21)19-22-10-6-3-7-11-22/h2-15,24-27,29-30H,16-19H2,1H3/t24-,25-,26+,27+/m1/s1. The molecule has 7 heteroatoms. The smallest absolute Gasteiger partial charge is 0.297 e. The van der Waals surface area contributed by atoms with E-state index >= 15 is 0 Å². The number of nitrogens with zero attached hydrogens (tertiary/aromatic N) is 1. The maximum absolute atomic E-state index is 12.9. The Balaban J connectivity index is 1.58. The molecule has 1 aliphatic carbocycles. The van der Waals surface area contributed by atoms with Gasteiger partial charge in [-0.2, -0.15) is 8.42 Å². The van der Waals surface area contributed by atoms with Crippen LogP contribution in [0.15, 0.2) is 89.8 Å². The Morgan fingerprint density at radius 2 is 1.35 bits per heavy atom. The third-order valence-electron chi connectivity index (χ3n) is 6.31. The molecule has 1 fully saturated rings. The molecule has 1 aliphatic rings. The first-order valence-electron chi connectivity index (χ1n) is 11.5. The summed E-state index contributed by atoms with van der Waals surface area (Å²) in [6.07, 6.45) is -2.38. The SMILES string of the molecule is Cc1ccc(S(=O)(=O)O[C@@H]2CC[C@@H](O)[C@H](N(Cc3ccccc3)Cc3ccccc3)[C@H]2O)cc1. The molecule has 0 radical (unpaired) electrons. The highest BCUT2D eigenvalue weighted by atomic mass is 32.2. The van der Waals surface area contributed by atoms with Crippen LogP contribution < -0.4 is 0 Å². The van der Waals surface area contributed by atoms with Gasteiger partial charge in [-0.15, -0.1) is 0 Å². The Hall–Kier alpha value is -2.55. The average molecular weight is 482 g/mol. The molecule has 2 N–H and O–H groups in total. The third-order valence-corrected chi connectivity index (χ3v) is 7.66. The molecule has 0 unspecified atom stereocenters. The van der Waals surface area contributed by atoms with Crippen molar-refractivity contribution in [2.24, 2.45) is 0 Å². The molecule has 3 aromatic carbocycles. The van der Waals surface area contributed by atoms with Gasteiger partial charge >= 0.3 is 0 Å². The van der Waals surface area contributed by atoms with Crippen LogP contribution in [0.2, 0.25) is 0 Å². The normalized spacial score (nSPS) is 23.2. The highest BCUT2D eigenvalue weighted by Gasteiger charge is 2.43. The van der Waals surface area contributed by atoms with Crippen molar-refractivity contribution in [3.8, 4) is 0 Å². The van der Waals surface area contributed by atoms with Crippen LogP contribution in [0.25, 0.3) is 0 Å². The van der Waals surface area contributed by atoms with Crippen LogP contribution in [-0.4, -0.2) is 47.9 Å². The lowest BCUT2D eigenvalue weighted by atomic mass is 9.86. The van der Waals surface area contributed by atoms with Gasteiger partial charge in [0.2, 0.25) is 0 Å². The molecule has 0 heterocycles. The number of aliphatic hydroxyl groups is 2. The molecule has 4 rings (SSSR count). The summed E-state index contributed by atoms with van der Waals surface area (Å²) in [4.78, 5) is 2.06. The van der Waals surface area contributed by atoms with Crippen molar-refractivity contribution in [1.82, 2.24) is 4.90 Å². The minimum Gasteiger partial charge on any atom is -0.391 e. The van der Waals surface area contributed by atoms with Gasteiger partial charge in [-0.1, -0.05) is 78.4 Å². The summed E-state index contributed by atoms with van der Waals surface area (Å²) in [5, 5.41) is 22.2. The predicted molar refractivity (Wildman–Crippen MR) is 130 cm³/mol. The third kappa shape index (κ3) is 5.92.